The van der Waals surface area contributed by atoms with Gasteiger partial charge in [-0.15, -0.1) is 0 Å². The van der Waals surface area contributed by atoms with E-state index in [4.69, 9.17) is 16.1 Å². The molecule has 7 nitrogen and oxygen atoms in total. The van der Waals surface area contributed by atoms with E-state index in [1.54, 1.807) is 29.2 Å². The van der Waals surface area contributed by atoms with Gasteiger partial charge in [0.25, 0.3) is 0 Å². The Morgan fingerprint density at radius 2 is 2.11 bits per heavy atom. The maximum atomic E-state index is 12.0. The average Bonchev–Trinajstić information content (AvgIpc) is 3.10. The number of carboxylic acids is 1. The summed E-state index contributed by atoms with van der Waals surface area (Å²) in [7, 11) is 0. The van der Waals surface area contributed by atoms with Crippen molar-refractivity contribution in [1.29, 1.82) is 0 Å². The van der Waals surface area contributed by atoms with Gasteiger partial charge in [0, 0.05) is 29.1 Å². The maximum absolute atomic E-state index is 12.0. The second-order valence-corrected chi connectivity index (χ2v) is 7.46. The number of nitrogens with zero attached hydrogens (tertiary/aromatic N) is 2. The van der Waals surface area contributed by atoms with E-state index in [-0.39, 0.29) is 23.7 Å². The van der Waals surface area contributed by atoms with Crippen LogP contribution >= 0.6 is 11.6 Å². The van der Waals surface area contributed by atoms with Gasteiger partial charge >= 0.3 is 5.97 Å². The summed E-state index contributed by atoms with van der Waals surface area (Å²) in [4.78, 5) is 13.7. The van der Waals surface area contributed by atoms with E-state index in [1.807, 2.05) is 6.92 Å². The van der Waals surface area contributed by atoms with Gasteiger partial charge in [0.2, 0.25) is 0 Å². The molecule has 2 heterocycles. The second kappa shape index (κ2) is 7.88. The molecule has 1 aliphatic heterocycles. The first-order valence-corrected chi connectivity index (χ1v) is 9.32. The molecular weight excluding hydrogens is 372 g/mol. The Hall–Kier alpha value is -2.09. The number of aromatic carboxylic acids is 1. The van der Waals surface area contributed by atoms with Crippen molar-refractivity contribution in [2.75, 3.05) is 24.6 Å². The fraction of sp³-hybridized carbons (Fsp3) is 0.474. The number of aromatic nitrogens is 1. The molecule has 3 N–H and O–H groups in total. The summed E-state index contributed by atoms with van der Waals surface area (Å²) in [5.74, 6) is -0.772. The zero-order valence-electron chi connectivity index (χ0n) is 15.1. The smallest absolute Gasteiger partial charge is 0.343 e. The molecule has 0 bridgehead atoms. The summed E-state index contributed by atoms with van der Waals surface area (Å²) in [5.41, 5.74) is -0.172. The van der Waals surface area contributed by atoms with Gasteiger partial charge in [0.1, 0.15) is 0 Å². The fourth-order valence-electron chi connectivity index (χ4n) is 3.80. The minimum absolute atomic E-state index is 0.0305. The highest BCUT2D eigenvalue weighted by molar-refractivity contribution is 6.30. The zero-order valence-corrected chi connectivity index (χ0v) is 15.8. The lowest BCUT2D eigenvalue weighted by Gasteiger charge is -2.45. The Morgan fingerprint density at radius 3 is 2.70 bits per heavy atom. The Morgan fingerprint density at radius 1 is 1.41 bits per heavy atom. The average molecular weight is 395 g/mol. The molecule has 0 amide bonds. The van der Waals surface area contributed by atoms with E-state index in [0.29, 0.717) is 36.5 Å². The van der Waals surface area contributed by atoms with Crippen LogP contribution in [0.1, 0.15) is 36.5 Å². The molecule has 0 radical (unpaired) electrons. The van der Waals surface area contributed by atoms with E-state index in [0.717, 1.165) is 6.42 Å². The Labute approximate surface area is 162 Å². The lowest BCUT2D eigenvalue weighted by Crippen LogP contribution is -2.54. The van der Waals surface area contributed by atoms with Crippen LogP contribution in [-0.4, -0.2) is 52.2 Å². The SMILES string of the molecule is CCC[C@@]1(CO)CN(c2noc(-c3ccc(Cl)cc3)c2C(=O)O)CC[C@@H]1O. The van der Waals surface area contributed by atoms with Crippen molar-refractivity contribution in [3.05, 3.63) is 34.9 Å². The number of carbonyl (C=O) groups is 1. The Bertz CT molecular complexity index is 807. The van der Waals surface area contributed by atoms with Gasteiger partial charge in [-0.2, -0.15) is 0 Å². The van der Waals surface area contributed by atoms with Crippen molar-refractivity contribution < 1.29 is 24.6 Å². The number of piperidine rings is 1. The molecule has 146 valence electrons. The molecule has 0 spiro atoms. The van der Waals surface area contributed by atoms with Crippen molar-refractivity contribution in [1.82, 2.24) is 5.16 Å². The van der Waals surface area contributed by atoms with Crippen LogP contribution in [0.15, 0.2) is 28.8 Å². The van der Waals surface area contributed by atoms with Gasteiger partial charge in [-0.05, 0) is 37.1 Å². The monoisotopic (exact) mass is 394 g/mol. The number of aliphatic hydroxyl groups is 2. The molecule has 0 saturated carbocycles. The first-order chi connectivity index (χ1) is 12.9. The van der Waals surface area contributed by atoms with Crippen molar-refractivity contribution >= 4 is 23.4 Å². The van der Waals surface area contributed by atoms with E-state index in [2.05, 4.69) is 5.16 Å². The predicted molar refractivity (Wildman–Crippen MR) is 101 cm³/mol. The molecule has 0 unspecified atom stereocenters. The third-order valence-electron chi connectivity index (χ3n) is 5.24. The van der Waals surface area contributed by atoms with Crippen LogP contribution in [0.5, 0.6) is 0 Å². The van der Waals surface area contributed by atoms with Crippen molar-refractivity contribution in [2.24, 2.45) is 5.41 Å². The number of rotatable bonds is 6. The van der Waals surface area contributed by atoms with Crippen LogP contribution in [0, 0.1) is 5.41 Å². The number of aliphatic hydroxyl groups excluding tert-OH is 2. The summed E-state index contributed by atoms with van der Waals surface area (Å²) < 4.78 is 5.38. The van der Waals surface area contributed by atoms with Crippen LogP contribution in [0.2, 0.25) is 5.02 Å². The van der Waals surface area contributed by atoms with Crippen LogP contribution < -0.4 is 4.90 Å². The zero-order chi connectivity index (χ0) is 19.6. The number of benzene rings is 1. The van der Waals surface area contributed by atoms with Gasteiger partial charge < -0.3 is 24.7 Å². The minimum Gasteiger partial charge on any atom is -0.477 e. The van der Waals surface area contributed by atoms with Crippen molar-refractivity contribution in [3.8, 4) is 11.3 Å². The molecule has 2 aromatic rings. The molecule has 3 rings (SSSR count). The first kappa shape index (κ1) is 19.7. The van der Waals surface area contributed by atoms with E-state index in [1.165, 1.54) is 0 Å². The van der Waals surface area contributed by atoms with Gasteiger partial charge in [-0.25, -0.2) is 4.79 Å². The third kappa shape index (κ3) is 3.67. The number of hydrogen-bond acceptors (Lipinski definition) is 6. The van der Waals surface area contributed by atoms with E-state index in [9.17, 15) is 20.1 Å². The molecule has 27 heavy (non-hydrogen) atoms. The molecule has 1 aromatic heterocycles. The van der Waals surface area contributed by atoms with Crippen molar-refractivity contribution in [3.63, 3.8) is 0 Å². The fourth-order valence-corrected chi connectivity index (χ4v) is 3.92. The molecule has 0 aliphatic carbocycles. The number of anilines is 1. The molecule has 1 fully saturated rings. The first-order valence-electron chi connectivity index (χ1n) is 8.94. The van der Waals surface area contributed by atoms with Crippen LogP contribution in [-0.2, 0) is 0 Å². The molecule has 1 aromatic carbocycles. The molecule has 1 saturated heterocycles. The predicted octanol–water partition coefficient (Wildman–Crippen LogP) is 3.04. The lowest BCUT2D eigenvalue weighted by molar-refractivity contribution is -0.0354. The summed E-state index contributed by atoms with van der Waals surface area (Å²) in [6.07, 6.45) is 1.20. The normalized spacial score (nSPS) is 22.8. The topological polar surface area (TPSA) is 107 Å². The third-order valence-corrected chi connectivity index (χ3v) is 5.49. The van der Waals surface area contributed by atoms with Gasteiger partial charge in [-0.3, -0.25) is 0 Å². The summed E-state index contributed by atoms with van der Waals surface area (Å²) in [6.45, 7) is 2.55. The van der Waals surface area contributed by atoms with E-state index >= 15 is 0 Å². The van der Waals surface area contributed by atoms with Crippen LogP contribution in [0.25, 0.3) is 11.3 Å². The maximum Gasteiger partial charge on any atom is 0.343 e. The standard InChI is InChI=1S/C19H23ClN2O5/c1-2-8-19(11-23)10-22(9-7-14(19)24)17-15(18(25)26)16(27-21-17)12-3-5-13(20)6-4-12/h3-6,14,23-24H,2,7-11H2,1H3,(H,25,26)/t14-,19-/m0/s1. The van der Waals surface area contributed by atoms with Gasteiger partial charge in [0.05, 0.1) is 12.7 Å². The Balaban J connectivity index is 1.99. The van der Waals surface area contributed by atoms with Crippen LogP contribution in [0.4, 0.5) is 5.82 Å². The largest absolute Gasteiger partial charge is 0.477 e. The highest BCUT2D eigenvalue weighted by Crippen LogP contribution is 2.39. The van der Waals surface area contributed by atoms with E-state index < -0.39 is 17.5 Å². The molecule has 8 heteroatoms. The molecular formula is C19H23ClN2O5. The van der Waals surface area contributed by atoms with Gasteiger partial charge in [0.15, 0.2) is 17.1 Å². The summed E-state index contributed by atoms with van der Waals surface area (Å²) in [5, 5.41) is 34.7. The summed E-state index contributed by atoms with van der Waals surface area (Å²) >= 11 is 5.90. The number of halogens is 1. The van der Waals surface area contributed by atoms with Crippen LogP contribution in [0.3, 0.4) is 0 Å². The number of hydrogen-bond donors (Lipinski definition) is 3. The lowest BCUT2D eigenvalue weighted by atomic mass is 9.74. The Kier molecular flexibility index (Phi) is 5.74. The van der Waals surface area contributed by atoms with Crippen molar-refractivity contribution in [2.45, 2.75) is 32.3 Å². The minimum atomic E-state index is -1.15. The number of carboxylic acid groups (broad SMARTS) is 1. The molecule has 2 atom stereocenters. The van der Waals surface area contributed by atoms with Gasteiger partial charge in [-0.1, -0.05) is 30.1 Å². The highest BCUT2D eigenvalue weighted by Gasteiger charge is 2.43. The highest BCUT2D eigenvalue weighted by atomic mass is 35.5. The summed E-state index contributed by atoms with van der Waals surface area (Å²) in [6, 6.07) is 6.66. The second-order valence-electron chi connectivity index (χ2n) is 7.02. The quantitative estimate of drug-likeness (QED) is 0.691. The molecule has 1 aliphatic rings.